The first-order chi connectivity index (χ1) is 9.33. The van der Waals surface area contributed by atoms with Crippen molar-refractivity contribution in [2.75, 3.05) is 13.2 Å². The fraction of sp³-hybridized carbons (Fsp3) is 0.462. The number of carbonyl (C=O) groups excluding carboxylic acids is 1. The number of alkyl halides is 3. The van der Waals surface area contributed by atoms with Crippen LogP contribution in [0.3, 0.4) is 0 Å². The highest BCUT2D eigenvalue weighted by atomic mass is 19.4. The Balaban J connectivity index is 2.83. The highest BCUT2D eigenvalue weighted by Gasteiger charge is 2.30. The van der Waals surface area contributed by atoms with E-state index in [2.05, 4.69) is 5.32 Å². The molecule has 0 fully saturated rings. The lowest BCUT2D eigenvalue weighted by Crippen LogP contribution is -2.38. The van der Waals surface area contributed by atoms with E-state index in [1.165, 1.54) is 12.1 Å². The molecule has 1 unspecified atom stereocenters. The Bertz CT molecular complexity index is 449. The first-order valence-corrected chi connectivity index (χ1v) is 6.15. The number of hydrogen-bond acceptors (Lipinski definition) is 3. The van der Waals surface area contributed by atoms with E-state index in [-0.39, 0.29) is 0 Å². The van der Waals surface area contributed by atoms with Crippen molar-refractivity contribution in [2.24, 2.45) is 5.73 Å². The molecule has 3 N–H and O–H groups in total. The molecule has 7 heteroatoms. The van der Waals surface area contributed by atoms with Crippen molar-refractivity contribution in [2.45, 2.75) is 25.6 Å². The largest absolute Gasteiger partial charge is 0.494 e. The molecule has 1 atom stereocenters. The normalized spacial score (nSPS) is 13.0. The summed E-state index contributed by atoms with van der Waals surface area (Å²) in [6.07, 6.45) is -3.61. The number of amides is 1. The van der Waals surface area contributed by atoms with Gasteiger partial charge in [0.2, 0.25) is 5.91 Å². The lowest BCUT2D eigenvalue weighted by atomic mass is 10.1. The summed E-state index contributed by atoms with van der Waals surface area (Å²) in [6, 6.07) is 5.10. The molecule has 0 aliphatic heterocycles. The van der Waals surface area contributed by atoms with Crippen LogP contribution in [0.5, 0.6) is 5.75 Å². The zero-order valence-corrected chi connectivity index (χ0v) is 11.0. The highest BCUT2D eigenvalue weighted by Crippen LogP contribution is 2.21. The van der Waals surface area contributed by atoms with Gasteiger partial charge in [0, 0.05) is 0 Å². The summed E-state index contributed by atoms with van der Waals surface area (Å²) < 4.78 is 42.0. The molecule has 1 aromatic rings. The number of carbonyl (C=O) groups is 1. The van der Waals surface area contributed by atoms with E-state index < -0.39 is 24.7 Å². The van der Waals surface area contributed by atoms with Gasteiger partial charge in [-0.15, -0.1) is 0 Å². The van der Waals surface area contributed by atoms with Gasteiger partial charge in [-0.3, -0.25) is 10.1 Å². The van der Waals surface area contributed by atoms with Gasteiger partial charge in [-0.2, -0.15) is 13.2 Å². The zero-order chi connectivity index (χ0) is 15.2. The monoisotopic (exact) mass is 290 g/mol. The van der Waals surface area contributed by atoms with Crippen LogP contribution in [0.15, 0.2) is 24.3 Å². The third kappa shape index (κ3) is 5.48. The molecule has 0 aliphatic carbocycles. The number of nitrogens with two attached hydrogens (primary N) is 1. The summed E-state index contributed by atoms with van der Waals surface area (Å²) in [4.78, 5) is 11.3. The molecule has 1 rings (SSSR count). The minimum atomic E-state index is -4.41. The van der Waals surface area contributed by atoms with E-state index in [0.29, 0.717) is 17.9 Å². The van der Waals surface area contributed by atoms with Crippen LogP contribution in [-0.2, 0) is 4.79 Å². The molecule has 112 valence electrons. The van der Waals surface area contributed by atoms with Crippen molar-refractivity contribution < 1.29 is 22.7 Å². The number of rotatable bonds is 7. The second-order valence-corrected chi connectivity index (χ2v) is 4.25. The van der Waals surface area contributed by atoms with E-state index in [1.54, 1.807) is 12.1 Å². The van der Waals surface area contributed by atoms with Crippen molar-refractivity contribution in [3.63, 3.8) is 0 Å². The minimum absolute atomic E-state index is 0.343. The number of ether oxygens (including phenoxy) is 1. The molecular formula is C13H17F3N2O2. The minimum Gasteiger partial charge on any atom is -0.494 e. The van der Waals surface area contributed by atoms with E-state index in [4.69, 9.17) is 10.5 Å². The van der Waals surface area contributed by atoms with Crippen LogP contribution in [0.25, 0.3) is 0 Å². The Kier molecular flexibility index (Phi) is 5.82. The van der Waals surface area contributed by atoms with Gasteiger partial charge in [0.25, 0.3) is 0 Å². The number of primary amides is 1. The van der Waals surface area contributed by atoms with E-state index in [1.807, 2.05) is 6.92 Å². The zero-order valence-electron chi connectivity index (χ0n) is 11.0. The molecule has 0 heterocycles. The molecule has 1 amide bonds. The van der Waals surface area contributed by atoms with Gasteiger partial charge in [0.05, 0.1) is 13.2 Å². The lowest BCUT2D eigenvalue weighted by Gasteiger charge is -2.18. The smallest absolute Gasteiger partial charge is 0.401 e. The summed E-state index contributed by atoms with van der Waals surface area (Å²) >= 11 is 0. The first kappa shape index (κ1) is 16.3. The topological polar surface area (TPSA) is 64.3 Å². The van der Waals surface area contributed by atoms with Gasteiger partial charge in [-0.05, 0) is 24.1 Å². The Morgan fingerprint density at radius 1 is 1.45 bits per heavy atom. The summed E-state index contributed by atoms with van der Waals surface area (Å²) in [5.74, 6) is -0.383. The Hall–Kier alpha value is -1.76. The summed E-state index contributed by atoms with van der Waals surface area (Å²) in [6.45, 7) is 1.13. The molecule has 0 saturated heterocycles. The molecule has 0 bridgehead atoms. The standard InChI is InChI=1S/C13H17F3N2O2/c1-2-6-20-10-5-3-4-9(7-10)11(12(17)19)18-8-13(14,15)16/h3-5,7,11,18H,2,6,8H2,1H3,(H2,17,19). The second kappa shape index (κ2) is 7.14. The Morgan fingerprint density at radius 2 is 2.15 bits per heavy atom. The van der Waals surface area contributed by atoms with Gasteiger partial charge >= 0.3 is 6.18 Å². The molecule has 0 radical (unpaired) electrons. The molecule has 0 spiro atoms. The van der Waals surface area contributed by atoms with Crippen molar-refractivity contribution in [3.05, 3.63) is 29.8 Å². The summed E-state index contributed by atoms with van der Waals surface area (Å²) in [5, 5.41) is 2.10. The van der Waals surface area contributed by atoms with Crippen LogP contribution in [0.4, 0.5) is 13.2 Å². The number of benzene rings is 1. The fourth-order valence-corrected chi connectivity index (χ4v) is 1.60. The SMILES string of the molecule is CCCOc1cccc(C(NCC(F)(F)F)C(N)=O)c1. The van der Waals surface area contributed by atoms with Gasteiger partial charge in [-0.1, -0.05) is 19.1 Å². The molecule has 0 aromatic heterocycles. The maximum Gasteiger partial charge on any atom is 0.401 e. The maximum atomic E-state index is 12.2. The summed E-state index contributed by atoms with van der Waals surface area (Å²) in [7, 11) is 0. The predicted octanol–water partition coefficient (Wildman–Crippen LogP) is 2.15. The van der Waals surface area contributed by atoms with Crippen LogP contribution in [-0.4, -0.2) is 25.2 Å². The van der Waals surface area contributed by atoms with Crippen molar-refractivity contribution in [1.82, 2.24) is 5.32 Å². The highest BCUT2D eigenvalue weighted by molar-refractivity contribution is 5.81. The van der Waals surface area contributed by atoms with Crippen molar-refractivity contribution in [3.8, 4) is 5.75 Å². The Morgan fingerprint density at radius 3 is 2.70 bits per heavy atom. The maximum absolute atomic E-state index is 12.2. The Labute approximate surface area is 115 Å². The third-order valence-corrected chi connectivity index (χ3v) is 2.46. The van der Waals surface area contributed by atoms with Gasteiger partial charge in [0.1, 0.15) is 11.8 Å². The molecular weight excluding hydrogens is 273 g/mol. The van der Waals surface area contributed by atoms with Crippen LogP contribution in [0.2, 0.25) is 0 Å². The molecule has 20 heavy (non-hydrogen) atoms. The first-order valence-electron chi connectivity index (χ1n) is 6.15. The van der Waals surface area contributed by atoms with E-state index >= 15 is 0 Å². The average Bonchev–Trinajstić information content (AvgIpc) is 2.35. The molecule has 4 nitrogen and oxygen atoms in total. The number of nitrogens with one attached hydrogen (secondary N) is 1. The number of hydrogen-bond donors (Lipinski definition) is 2. The van der Waals surface area contributed by atoms with Crippen LogP contribution >= 0.6 is 0 Å². The number of halogens is 3. The van der Waals surface area contributed by atoms with Gasteiger partial charge < -0.3 is 10.5 Å². The predicted molar refractivity (Wildman–Crippen MR) is 68.2 cm³/mol. The van der Waals surface area contributed by atoms with Crippen molar-refractivity contribution in [1.29, 1.82) is 0 Å². The van der Waals surface area contributed by atoms with Crippen molar-refractivity contribution >= 4 is 5.91 Å². The quantitative estimate of drug-likeness (QED) is 0.808. The second-order valence-electron chi connectivity index (χ2n) is 4.25. The van der Waals surface area contributed by atoms with Crippen LogP contribution in [0.1, 0.15) is 24.9 Å². The van der Waals surface area contributed by atoms with Crippen LogP contribution in [0, 0.1) is 0 Å². The van der Waals surface area contributed by atoms with E-state index in [9.17, 15) is 18.0 Å². The summed E-state index contributed by atoms with van der Waals surface area (Å²) in [5.41, 5.74) is 5.48. The lowest BCUT2D eigenvalue weighted by molar-refractivity contribution is -0.130. The third-order valence-electron chi connectivity index (χ3n) is 2.46. The van der Waals surface area contributed by atoms with E-state index in [0.717, 1.165) is 6.42 Å². The molecule has 1 aromatic carbocycles. The van der Waals surface area contributed by atoms with Gasteiger partial charge in [0.15, 0.2) is 0 Å². The fourth-order valence-electron chi connectivity index (χ4n) is 1.60. The van der Waals surface area contributed by atoms with Gasteiger partial charge in [-0.25, -0.2) is 0 Å². The molecule has 0 aliphatic rings. The molecule has 0 saturated carbocycles. The average molecular weight is 290 g/mol. The van der Waals surface area contributed by atoms with Crippen LogP contribution < -0.4 is 15.8 Å².